The van der Waals surface area contributed by atoms with Gasteiger partial charge in [0.1, 0.15) is 0 Å². The van der Waals surface area contributed by atoms with Crippen LogP contribution < -0.4 is 4.90 Å². The molecular formula is C62H47N. The molecule has 0 spiro atoms. The van der Waals surface area contributed by atoms with Crippen molar-refractivity contribution in [3.8, 4) is 44.5 Å². The van der Waals surface area contributed by atoms with E-state index in [2.05, 4.69) is 243 Å². The zero-order valence-corrected chi connectivity index (χ0v) is 35.7. The van der Waals surface area contributed by atoms with Gasteiger partial charge in [-0.05, 0) is 144 Å². The molecule has 0 N–H and O–H groups in total. The van der Waals surface area contributed by atoms with Crippen LogP contribution in [0, 0.1) is 0 Å². The first-order chi connectivity index (χ1) is 31.0. The monoisotopic (exact) mass is 805 g/mol. The van der Waals surface area contributed by atoms with E-state index in [-0.39, 0.29) is 5.41 Å². The van der Waals surface area contributed by atoms with Crippen LogP contribution in [0.3, 0.4) is 0 Å². The summed E-state index contributed by atoms with van der Waals surface area (Å²) in [5.41, 5.74) is 20.9. The Balaban J connectivity index is 1.05. The van der Waals surface area contributed by atoms with Gasteiger partial charge in [0.05, 0.1) is 5.41 Å². The zero-order chi connectivity index (χ0) is 42.1. The predicted molar refractivity (Wildman–Crippen MR) is 265 cm³/mol. The Labute approximate surface area is 371 Å². The van der Waals surface area contributed by atoms with E-state index in [0.717, 1.165) is 29.9 Å². The summed E-state index contributed by atoms with van der Waals surface area (Å²) in [4.78, 5) is 2.50. The van der Waals surface area contributed by atoms with E-state index < -0.39 is 5.41 Å². The Hall–Kier alpha value is -7.48. The topological polar surface area (TPSA) is 3.24 Å². The summed E-state index contributed by atoms with van der Waals surface area (Å²) in [6.45, 7) is 4.81. The van der Waals surface area contributed by atoms with Crippen LogP contribution in [0.5, 0.6) is 0 Å². The van der Waals surface area contributed by atoms with Crippen LogP contribution in [0.15, 0.2) is 230 Å². The van der Waals surface area contributed by atoms with Crippen molar-refractivity contribution < 1.29 is 0 Å². The van der Waals surface area contributed by atoms with Crippen molar-refractivity contribution in [1.29, 1.82) is 0 Å². The van der Waals surface area contributed by atoms with Gasteiger partial charge < -0.3 is 4.90 Å². The summed E-state index contributed by atoms with van der Waals surface area (Å²) >= 11 is 0. The maximum Gasteiger partial charge on any atom is 0.0711 e. The molecule has 9 aromatic rings. The second kappa shape index (κ2) is 14.6. The highest BCUT2D eigenvalue weighted by molar-refractivity contribution is 5.98. The molecule has 1 atom stereocenters. The van der Waals surface area contributed by atoms with E-state index in [1.807, 2.05) is 0 Å². The summed E-state index contributed by atoms with van der Waals surface area (Å²) in [5, 5.41) is 2.55. The number of fused-ring (bicyclic) bond motifs is 7. The van der Waals surface area contributed by atoms with E-state index in [4.69, 9.17) is 0 Å². The fraction of sp³-hybridized carbons (Fsp3) is 0.0968. The number of nitrogens with zero attached hydrogens (tertiary/aromatic N) is 1. The smallest absolute Gasteiger partial charge is 0.0711 e. The summed E-state index contributed by atoms with van der Waals surface area (Å²) in [6, 6.07) is 77.1. The van der Waals surface area contributed by atoms with E-state index in [1.54, 1.807) is 0 Å². The Kier molecular flexibility index (Phi) is 8.63. The van der Waals surface area contributed by atoms with Gasteiger partial charge in [0, 0.05) is 22.5 Å². The van der Waals surface area contributed by atoms with Gasteiger partial charge in [0.15, 0.2) is 0 Å². The van der Waals surface area contributed by atoms with Crippen LogP contribution in [-0.4, -0.2) is 0 Å². The zero-order valence-electron chi connectivity index (χ0n) is 35.7. The van der Waals surface area contributed by atoms with Crippen molar-refractivity contribution in [1.82, 2.24) is 0 Å². The molecule has 3 aliphatic rings. The third-order valence-corrected chi connectivity index (χ3v) is 14.2. The molecule has 0 bridgehead atoms. The lowest BCUT2D eigenvalue weighted by molar-refractivity contribution is 0.660. The van der Waals surface area contributed by atoms with Crippen LogP contribution in [0.25, 0.3) is 55.3 Å². The fourth-order valence-corrected chi connectivity index (χ4v) is 11.2. The molecule has 12 rings (SSSR count). The van der Waals surface area contributed by atoms with Gasteiger partial charge in [-0.1, -0.05) is 196 Å². The van der Waals surface area contributed by atoms with Crippen molar-refractivity contribution in [3.05, 3.63) is 258 Å². The van der Waals surface area contributed by atoms with Crippen molar-refractivity contribution in [2.45, 2.75) is 37.5 Å². The van der Waals surface area contributed by atoms with Crippen molar-refractivity contribution in [3.63, 3.8) is 0 Å². The maximum absolute atomic E-state index is 2.50. The van der Waals surface area contributed by atoms with E-state index in [9.17, 15) is 0 Å². The Morgan fingerprint density at radius 2 is 0.984 bits per heavy atom. The molecule has 1 heteroatoms. The van der Waals surface area contributed by atoms with Gasteiger partial charge in [-0.25, -0.2) is 0 Å². The minimum Gasteiger partial charge on any atom is -0.310 e. The quantitative estimate of drug-likeness (QED) is 0.155. The van der Waals surface area contributed by atoms with E-state index >= 15 is 0 Å². The van der Waals surface area contributed by atoms with Gasteiger partial charge in [-0.3, -0.25) is 0 Å². The molecule has 0 radical (unpaired) electrons. The van der Waals surface area contributed by atoms with Gasteiger partial charge in [-0.2, -0.15) is 0 Å². The van der Waals surface area contributed by atoms with Crippen LogP contribution in [0.1, 0.15) is 54.5 Å². The third-order valence-electron chi connectivity index (χ3n) is 14.2. The highest BCUT2D eigenvalue weighted by atomic mass is 15.1. The molecule has 300 valence electrons. The lowest BCUT2D eigenvalue weighted by atomic mass is 9.66. The van der Waals surface area contributed by atoms with Crippen LogP contribution in [0.4, 0.5) is 17.1 Å². The number of rotatable bonds is 7. The summed E-state index contributed by atoms with van der Waals surface area (Å²) < 4.78 is 0. The van der Waals surface area contributed by atoms with Crippen molar-refractivity contribution >= 4 is 27.8 Å². The van der Waals surface area contributed by atoms with Crippen LogP contribution in [0.2, 0.25) is 0 Å². The second-order valence-electron chi connectivity index (χ2n) is 17.9. The summed E-state index contributed by atoms with van der Waals surface area (Å²) in [6.07, 6.45) is 9.34. The first-order valence-electron chi connectivity index (χ1n) is 22.4. The van der Waals surface area contributed by atoms with Gasteiger partial charge in [0.2, 0.25) is 0 Å². The average Bonchev–Trinajstić information content (AvgIpc) is 3.77. The first-order valence-corrected chi connectivity index (χ1v) is 22.4. The minimum absolute atomic E-state index is 0.222. The summed E-state index contributed by atoms with van der Waals surface area (Å²) in [5.74, 6) is 0. The molecule has 0 aliphatic heterocycles. The first kappa shape index (κ1) is 37.3. The lowest BCUT2D eigenvalue weighted by Crippen LogP contribution is -2.29. The SMILES string of the molecule is CC1(C)c2cc(-c3cccc4ccccc34)ccc2-c2ccc(N(c3cccc(-c4ccccc4)c3)c3ccc4c(c3)C(C3=CCCC=C3)(c3ccccc3)c3ccccc3-4)cc21. The molecule has 9 aromatic carbocycles. The van der Waals surface area contributed by atoms with E-state index in [0.29, 0.717) is 0 Å². The van der Waals surface area contributed by atoms with Crippen LogP contribution >= 0.6 is 0 Å². The highest BCUT2D eigenvalue weighted by Gasteiger charge is 2.47. The fourth-order valence-electron chi connectivity index (χ4n) is 11.2. The predicted octanol–water partition coefficient (Wildman–Crippen LogP) is 16.5. The molecule has 0 saturated heterocycles. The van der Waals surface area contributed by atoms with E-state index in [1.165, 1.54) is 88.7 Å². The number of hydrogen-bond donors (Lipinski definition) is 0. The molecule has 0 fully saturated rings. The molecule has 1 unspecified atom stereocenters. The molecule has 3 aliphatic carbocycles. The minimum atomic E-state index is -0.457. The molecule has 63 heavy (non-hydrogen) atoms. The molecule has 0 heterocycles. The molecule has 0 amide bonds. The molecule has 0 saturated carbocycles. The number of benzene rings is 9. The van der Waals surface area contributed by atoms with Crippen molar-refractivity contribution in [2.24, 2.45) is 0 Å². The maximum atomic E-state index is 2.50. The molecule has 1 nitrogen and oxygen atoms in total. The lowest BCUT2D eigenvalue weighted by Gasteiger charge is -2.36. The second-order valence-corrected chi connectivity index (χ2v) is 17.9. The van der Waals surface area contributed by atoms with Gasteiger partial charge >= 0.3 is 0 Å². The highest BCUT2D eigenvalue weighted by Crippen LogP contribution is 2.59. The molecule has 0 aromatic heterocycles. The van der Waals surface area contributed by atoms with Crippen LogP contribution in [-0.2, 0) is 10.8 Å². The van der Waals surface area contributed by atoms with Crippen molar-refractivity contribution in [2.75, 3.05) is 4.90 Å². The largest absolute Gasteiger partial charge is 0.310 e. The number of anilines is 3. The Morgan fingerprint density at radius 1 is 0.397 bits per heavy atom. The average molecular weight is 806 g/mol. The standard InChI is InChI=1S/C62H47N/c1-61(2)58-39-45(52-30-17-21-43-20-12-13-28-51(43)52)32-35-54(58)55-36-33-49(40-59(55)61)63(48-27-16-22-44(38-48)42-18-6-3-7-19-42)50-34-37-56-53-29-14-15-31-57(53)62(60(56)41-50,46-23-8-4-9-24-46)47-25-10-5-11-26-47/h3-4,6-10,12-41H,5,11H2,1-2H3. The Bertz CT molecular complexity index is 3310. The number of hydrogen-bond acceptors (Lipinski definition) is 1. The normalized spacial score (nSPS) is 16.5. The summed E-state index contributed by atoms with van der Waals surface area (Å²) in [7, 11) is 0. The number of allylic oxidation sites excluding steroid dienone is 4. The van der Waals surface area contributed by atoms with Gasteiger partial charge in [0.25, 0.3) is 0 Å². The molecular weight excluding hydrogens is 759 g/mol. The third kappa shape index (κ3) is 5.76. The van der Waals surface area contributed by atoms with Gasteiger partial charge in [-0.15, -0.1) is 0 Å². The Morgan fingerprint density at radius 3 is 1.78 bits per heavy atom.